The second kappa shape index (κ2) is 33.9. The highest BCUT2D eigenvalue weighted by molar-refractivity contribution is 7.87. The van der Waals surface area contributed by atoms with Crippen molar-refractivity contribution in [3.8, 4) is 0 Å². The highest BCUT2D eigenvalue weighted by atomic mass is 32.2. The Morgan fingerprint density at radius 2 is 0.956 bits per heavy atom. The summed E-state index contributed by atoms with van der Waals surface area (Å²) in [7, 11) is -3.53. The summed E-state index contributed by atoms with van der Waals surface area (Å²) in [5, 5.41) is -0.448. The SMILES string of the molecule is C.C.C.C.C.C.C.C.CCC(C)(C)C(=O)OC(C)(C)C12CC3CC(CC(C3)C1)C2.CCC(C)(C)C(=O)OC(C)(C)C1CCC(C(C)(C)C)CC1.CCC(C)(C)C(=O)OCC(=O)OC1C2CC3C1OS(=O)(=O)C3C2.CCC(C)(C)C(=O)O[C@]1(C)C(C)OC(=O)C1C. The van der Waals surface area contributed by atoms with E-state index in [1.54, 1.807) is 34.6 Å². The van der Waals surface area contributed by atoms with Gasteiger partial charge in [-0.1, -0.05) is 108 Å². The first-order valence-electron chi connectivity index (χ1n) is 31.6. The molecule has 0 N–H and O–H groups in total. The second-order valence-corrected chi connectivity index (χ2v) is 33.1. The van der Waals surface area contributed by atoms with E-state index in [1.165, 1.54) is 64.2 Å². The van der Waals surface area contributed by atoms with Crippen molar-refractivity contribution >= 4 is 45.9 Å². The van der Waals surface area contributed by atoms with Crippen LogP contribution in [-0.2, 0) is 71.5 Å². The maximum absolute atomic E-state index is 12.6. The Kier molecular flexibility index (Phi) is 35.1. The lowest BCUT2D eigenvalue weighted by Crippen LogP contribution is -2.58. The number of fused-ring (bicyclic) bond motifs is 1. The zero-order chi connectivity index (χ0) is 62.4. The zero-order valence-electron chi connectivity index (χ0n) is 55.0. The summed E-state index contributed by atoms with van der Waals surface area (Å²) in [5.74, 6) is 1.74. The van der Waals surface area contributed by atoms with Gasteiger partial charge in [-0.05, 0) is 242 Å². The van der Waals surface area contributed by atoms with Crippen molar-refractivity contribution in [1.82, 2.24) is 0 Å². The third-order valence-electron chi connectivity index (χ3n) is 22.3. The number of rotatable bonds is 16. The molecule has 0 amide bonds. The van der Waals surface area contributed by atoms with Gasteiger partial charge in [0.1, 0.15) is 29.5 Å². The predicted molar refractivity (Wildman–Crippen MR) is 370 cm³/mol. The highest BCUT2D eigenvalue weighted by Gasteiger charge is 2.66. The molecule has 0 radical (unpaired) electrons. The van der Waals surface area contributed by atoms with Gasteiger partial charge in [-0.2, -0.15) is 8.42 Å². The van der Waals surface area contributed by atoms with Crippen LogP contribution in [0.25, 0.3) is 0 Å². The zero-order valence-corrected chi connectivity index (χ0v) is 55.8. The molecule has 2 saturated heterocycles. The number of ether oxygens (including phenoxy) is 6. The molecule has 90 heavy (non-hydrogen) atoms. The van der Waals surface area contributed by atoms with Crippen molar-refractivity contribution in [2.24, 2.45) is 79.8 Å². The van der Waals surface area contributed by atoms with Gasteiger partial charge in [0.2, 0.25) is 0 Å². The summed E-state index contributed by atoms with van der Waals surface area (Å²) in [6, 6.07) is 0. The Morgan fingerprint density at radius 3 is 1.36 bits per heavy atom. The summed E-state index contributed by atoms with van der Waals surface area (Å²) in [6.45, 7) is 43.4. The summed E-state index contributed by atoms with van der Waals surface area (Å²) in [4.78, 5) is 72.3. The van der Waals surface area contributed by atoms with Crippen LogP contribution in [0.1, 0.15) is 314 Å². The molecule has 9 aliphatic rings. The topological polar surface area (TPSA) is 201 Å². The maximum atomic E-state index is 12.6. The van der Waals surface area contributed by atoms with E-state index in [4.69, 9.17) is 32.6 Å². The van der Waals surface area contributed by atoms with Gasteiger partial charge in [0, 0.05) is 17.3 Å². The monoisotopic (exact) mass is 1310 g/mol. The smallest absolute Gasteiger partial charge is 0.344 e. The lowest BCUT2D eigenvalue weighted by atomic mass is 9.46. The molecule has 0 spiro atoms. The lowest BCUT2D eigenvalue weighted by molar-refractivity contribution is -0.206. The van der Waals surface area contributed by atoms with Crippen LogP contribution in [-0.4, -0.2) is 91.2 Å². The number of hydrogen-bond donors (Lipinski definition) is 0. The standard InChI is InChI=1S/C19H32O2.C19H36O2.C15H22O7S.C13H22O4.8CH4/c1-6-17(2,3)16(20)21-18(4,5)19-10-13-7-14(11-19)9-15(8-13)12-19;1-9-18(5,6)16(20)21-19(7,8)15-12-10-14(11-13-15)17(2,3)4;1-4-15(2,3)14(17)20-7-11(16)21-12-8-5-9-10(6-8)23(18,19)22-13(9)12;1-7-12(4,5)11(15)17-13(6)8(2)10(14)16-9(13)3;;;;;;;;/h13-15H,6-12H2,1-5H3;14-15H,9-13H2,1-8H3;8-10,12-13H,4-7H2,1-3H3;8-9H,7H2,1-6H3;8*1H4/t;;;8?,9?,13-;;;;;;;;/m...0......../s1. The Hall–Kier alpha value is -3.27. The van der Waals surface area contributed by atoms with Crippen molar-refractivity contribution < 1.29 is 69.8 Å². The van der Waals surface area contributed by atoms with Crippen molar-refractivity contribution in [3.63, 3.8) is 0 Å². The molecule has 9 fully saturated rings. The van der Waals surface area contributed by atoms with Gasteiger partial charge >= 0.3 is 35.8 Å². The number of carbonyl (C=O) groups is 6. The molecule has 536 valence electrons. The Morgan fingerprint density at radius 1 is 0.556 bits per heavy atom. The molecule has 7 aliphatic carbocycles. The van der Waals surface area contributed by atoms with Gasteiger partial charge in [0.15, 0.2) is 12.2 Å². The van der Waals surface area contributed by atoms with Crippen LogP contribution in [0.15, 0.2) is 0 Å². The Balaban J connectivity index is -0.000000535. The largest absolute Gasteiger partial charge is 0.459 e. The molecule has 16 heteroatoms. The van der Waals surface area contributed by atoms with Gasteiger partial charge in [0.25, 0.3) is 10.1 Å². The van der Waals surface area contributed by atoms with Crippen LogP contribution in [0.4, 0.5) is 0 Å². The van der Waals surface area contributed by atoms with Crippen molar-refractivity contribution in [1.29, 1.82) is 0 Å². The van der Waals surface area contributed by atoms with Crippen LogP contribution in [0.2, 0.25) is 0 Å². The van der Waals surface area contributed by atoms with E-state index in [-0.39, 0.29) is 123 Å². The molecule has 0 aromatic rings. The van der Waals surface area contributed by atoms with E-state index in [1.807, 2.05) is 62.3 Å². The maximum Gasteiger partial charge on any atom is 0.344 e. The predicted octanol–water partition coefficient (Wildman–Crippen LogP) is 19.0. The minimum absolute atomic E-state index is 0. The molecule has 7 saturated carbocycles. The van der Waals surface area contributed by atoms with Crippen LogP contribution < -0.4 is 0 Å². The molecule has 2 aliphatic heterocycles. The molecule has 0 aromatic heterocycles. The number of esters is 6. The minimum atomic E-state index is -3.53. The van der Waals surface area contributed by atoms with E-state index in [0.29, 0.717) is 37.0 Å². The molecule has 0 aromatic carbocycles. The van der Waals surface area contributed by atoms with Crippen LogP contribution in [0.3, 0.4) is 0 Å². The fourth-order valence-electron chi connectivity index (χ4n) is 14.1. The normalized spacial score (nSPS) is 30.5. The van der Waals surface area contributed by atoms with E-state index >= 15 is 0 Å². The third-order valence-corrected chi connectivity index (χ3v) is 24.1. The molecular formula is C74H144O15S. The van der Waals surface area contributed by atoms with E-state index in [9.17, 15) is 37.2 Å². The van der Waals surface area contributed by atoms with E-state index in [0.717, 1.165) is 36.5 Å². The van der Waals surface area contributed by atoms with Crippen LogP contribution in [0.5, 0.6) is 0 Å². The summed E-state index contributed by atoms with van der Waals surface area (Å²) >= 11 is 0. The van der Waals surface area contributed by atoms with Gasteiger partial charge in [-0.3, -0.25) is 28.2 Å². The summed E-state index contributed by atoms with van der Waals surface area (Å²) < 4.78 is 61.9. The van der Waals surface area contributed by atoms with Gasteiger partial charge in [-0.25, -0.2) is 4.79 Å². The van der Waals surface area contributed by atoms with E-state index < -0.39 is 74.6 Å². The molecule has 15 nitrogen and oxygen atoms in total. The van der Waals surface area contributed by atoms with Gasteiger partial charge in [-0.15, -0.1) is 0 Å². The average Bonchev–Trinajstić information content (AvgIpc) is 1.33. The molecule has 7 unspecified atom stereocenters. The lowest BCUT2D eigenvalue weighted by Gasteiger charge is -2.61. The summed E-state index contributed by atoms with van der Waals surface area (Å²) in [6.07, 6.45) is 15.6. The third kappa shape index (κ3) is 20.6. The number of hydrogen-bond acceptors (Lipinski definition) is 15. The van der Waals surface area contributed by atoms with Crippen molar-refractivity contribution in [2.45, 2.75) is 355 Å². The van der Waals surface area contributed by atoms with Crippen molar-refractivity contribution in [3.05, 3.63) is 0 Å². The molecule has 9 rings (SSSR count). The quantitative estimate of drug-likeness (QED) is 0.0802. The van der Waals surface area contributed by atoms with Crippen molar-refractivity contribution in [2.75, 3.05) is 6.61 Å². The first-order chi connectivity index (χ1) is 37.4. The van der Waals surface area contributed by atoms with E-state index in [2.05, 4.69) is 55.4 Å². The molecule has 8 atom stereocenters. The molecule has 2 heterocycles. The Labute approximate surface area is 554 Å². The molecule has 6 bridgehead atoms. The fraction of sp³-hybridized carbons (Fsp3) is 0.919. The number of carbonyl (C=O) groups excluding carboxylic acids is 6. The summed E-state index contributed by atoms with van der Waals surface area (Å²) in [5.41, 5.74) is -2.78. The van der Waals surface area contributed by atoms with Crippen LogP contribution in [0, 0.1) is 79.8 Å². The Bertz CT molecular complexity index is 2370. The first-order valence-corrected chi connectivity index (χ1v) is 33.0. The minimum Gasteiger partial charge on any atom is -0.459 e. The van der Waals surface area contributed by atoms with Gasteiger partial charge < -0.3 is 28.4 Å². The highest BCUT2D eigenvalue weighted by Crippen LogP contribution is 2.64. The average molecular weight is 1310 g/mol. The fourth-order valence-corrected chi connectivity index (χ4v) is 15.9. The van der Waals surface area contributed by atoms with Gasteiger partial charge in [0.05, 0.1) is 32.8 Å². The second-order valence-electron chi connectivity index (χ2n) is 31.3. The van der Waals surface area contributed by atoms with Crippen LogP contribution >= 0.6 is 0 Å². The molecular weight excluding hydrogens is 1160 g/mol. The number of cyclic esters (lactones) is 1. The first kappa shape index (κ1) is 93.1.